The van der Waals surface area contributed by atoms with Crippen molar-refractivity contribution >= 4 is 23.1 Å². The normalized spacial score (nSPS) is 0. The van der Waals surface area contributed by atoms with Gasteiger partial charge in [-0.1, -0.05) is 0 Å². The molecule has 0 heterocycles. The standard InChI is InChI=1S/FH.Mg.5H2O.2H/h1H;;5*1H2;;/q;+2;;;;;;2*-1. The average molecular weight is 136 g/mol. The van der Waals surface area contributed by atoms with Gasteiger partial charge in [0.2, 0.25) is 0 Å². The molecule has 0 rings (SSSR count). The first-order chi connectivity index (χ1) is 0. The van der Waals surface area contributed by atoms with Crippen molar-refractivity contribution in [3.05, 3.63) is 0 Å². The van der Waals surface area contributed by atoms with Crippen LogP contribution in [-0.2, 0) is 0 Å². The van der Waals surface area contributed by atoms with Gasteiger partial charge in [0.05, 0.1) is 0 Å². The van der Waals surface area contributed by atoms with E-state index in [-0.39, 0.29) is 58.0 Å². The van der Waals surface area contributed by atoms with Crippen LogP contribution in [0.25, 0.3) is 0 Å². The van der Waals surface area contributed by atoms with Gasteiger partial charge in [0.25, 0.3) is 0 Å². The van der Waals surface area contributed by atoms with Crippen molar-refractivity contribution in [3.8, 4) is 0 Å². The average Bonchev–Trinajstić information content (AvgIpc) is 0. The van der Waals surface area contributed by atoms with E-state index in [4.69, 9.17) is 0 Å². The maximum Gasteiger partial charge on any atom is 2.00 e. The van der Waals surface area contributed by atoms with E-state index in [1.54, 1.807) is 0 Å². The first kappa shape index (κ1) is 1280. The summed E-state index contributed by atoms with van der Waals surface area (Å²) in [6.07, 6.45) is 0. The molecule has 7 heavy (non-hydrogen) atoms. The third kappa shape index (κ3) is 533. The molecule has 0 aromatic rings. The second-order valence-electron chi connectivity index (χ2n) is 0. The smallest absolute Gasteiger partial charge is 1.00 e. The van der Waals surface area contributed by atoms with Crippen molar-refractivity contribution < 1.29 is 34.9 Å². The number of rotatable bonds is 0. The Labute approximate surface area is 58.7 Å². The summed E-state index contributed by atoms with van der Waals surface area (Å²) in [7, 11) is 0. The summed E-state index contributed by atoms with van der Waals surface area (Å²) in [5.41, 5.74) is 0. The minimum Gasteiger partial charge on any atom is -1.00 e. The van der Waals surface area contributed by atoms with E-state index < -0.39 is 0 Å². The van der Waals surface area contributed by atoms with Crippen LogP contribution < -0.4 is 0 Å². The molecular weight excluding hydrogens is 123 g/mol. The van der Waals surface area contributed by atoms with E-state index >= 15 is 0 Å². The van der Waals surface area contributed by atoms with Crippen LogP contribution in [0.3, 0.4) is 0 Å². The first-order valence-electron chi connectivity index (χ1n) is 0. The van der Waals surface area contributed by atoms with Gasteiger partial charge in [-0.3, -0.25) is 4.70 Å². The molecule has 0 fully saturated rings. The Morgan fingerprint density at radius 3 is 0.571 bits per heavy atom. The monoisotopic (exact) mass is 136 g/mol. The number of hydrogen-bond acceptors (Lipinski definition) is 0. The SMILES string of the molecule is F.O.O.O.O.O.[H-].[H-].[Mg+2]. The molecule has 0 aromatic carbocycles. The van der Waals surface area contributed by atoms with Crippen LogP contribution >= 0.6 is 0 Å². The van der Waals surface area contributed by atoms with Gasteiger partial charge in [0.1, 0.15) is 0 Å². The fraction of sp³-hybridized carbons (Fsp3) is 0. The quantitative estimate of drug-likeness (QED) is 0.296. The predicted octanol–water partition coefficient (Wildman–Crippen LogP) is -4.13. The summed E-state index contributed by atoms with van der Waals surface area (Å²) in [5, 5.41) is 0. The van der Waals surface area contributed by atoms with E-state index in [1.807, 2.05) is 0 Å². The van der Waals surface area contributed by atoms with Crippen LogP contribution in [-0.4, -0.2) is 50.4 Å². The molecule has 0 radical (unpaired) electrons. The molecule has 10 N–H and O–H groups in total. The van der Waals surface area contributed by atoms with Gasteiger partial charge < -0.3 is 30.2 Å². The molecule has 0 aromatic heterocycles. The van der Waals surface area contributed by atoms with Gasteiger partial charge in [0.15, 0.2) is 0 Å². The third-order valence-corrected chi connectivity index (χ3v) is 0. The van der Waals surface area contributed by atoms with Crippen molar-refractivity contribution in [3.63, 3.8) is 0 Å². The molecule has 0 bridgehead atoms. The number of halogens is 1. The topological polar surface area (TPSA) is 158 Å². The molecular formula is H13FMgO5. The fourth-order valence-electron chi connectivity index (χ4n) is 0. The summed E-state index contributed by atoms with van der Waals surface area (Å²) in [5.74, 6) is 0. The Morgan fingerprint density at radius 2 is 0.571 bits per heavy atom. The van der Waals surface area contributed by atoms with Crippen LogP contribution in [0, 0.1) is 0 Å². The van der Waals surface area contributed by atoms with Crippen molar-refractivity contribution in [2.75, 3.05) is 0 Å². The molecule has 5 nitrogen and oxygen atoms in total. The fourth-order valence-corrected chi connectivity index (χ4v) is 0. The van der Waals surface area contributed by atoms with Crippen LogP contribution in [0.4, 0.5) is 4.70 Å². The van der Waals surface area contributed by atoms with Crippen molar-refractivity contribution in [2.45, 2.75) is 0 Å². The van der Waals surface area contributed by atoms with Crippen LogP contribution in [0.15, 0.2) is 0 Å². The van der Waals surface area contributed by atoms with Gasteiger partial charge in [-0.25, -0.2) is 0 Å². The van der Waals surface area contributed by atoms with Gasteiger partial charge in [0, 0.05) is 0 Å². The summed E-state index contributed by atoms with van der Waals surface area (Å²) < 4.78 is 0. The molecule has 52 valence electrons. The van der Waals surface area contributed by atoms with Crippen molar-refractivity contribution in [1.82, 2.24) is 0 Å². The molecule has 0 atom stereocenters. The molecule has 0 aliphatic heterocycles. The Hall–Kier alpha value is 0.496. The predicted molar refractivity (Wildman–Crippen MR) is 28.5 cm³/mol. The van der Waals surface area contributed by atoms with Crippen LogP contribution in [0.5, 0.6) is 0 Å². The minimum atomic E-state index is 0. The Bertz CT molecular complexity index is 14.9. The van der Waals surface area contributed by atoms with Gasteiger partial charge >= 0.3 is 23.1 Å². The maximum absolute atomic E-state index is 0. The zero-order valence-electron chi connectivity index (χ0n) is 5.62. The minimum absolute atomic E-state index is 0. The van der Waals surface area contributed by atoms with E-state index in [9.17, 15) is 0 Å². The molecule has 0 aliphatic carbocycles. The first-order valence-corrected chi connectivity index (χ1v) is 0. The van der Waals surface area contributed by atoms with E-state index in [1.165, 1.54) is 0 Å². The van der Waals surface area contributed by atoms with Gasteiger partial charge in [-0.2, -0.15) is 0 Å². The Morgan fingerprint density at radius 1 is 0.571 bits per heavy atom. The summed E-state index contributed by atoms with van der Waals surface area (Å²) in [6.45, 7) is 0. The molecule has 0 spiro atoms. The number of hydrogen-bond donors (Lipinski definition) is 0. The van der Waals surface area contributed by atoms with Crippen LogP contribution in [0.1, 0.15) is 2.85 Å². The van der Waals surface area contributed by atoms with Crippen LogP contribution in [0.2, 0.25) is 0 Å². The van der Waals surface area contributed by atoms with Gasteiger partial charge in [-0.05, 0) is 0 Å². The summed E-state index contributed by atoms with van der Waals surface area (Å²) in [6, 6.07) is 0. The molecule has 0 unspecified atom stereocenters. The summed E-state index contributed by atoms with van der Waals surface area (Å²) >= 11 is 0. The summed E-state index contributed by atoms with van der Waals surface area (Å²) in [4.78, 5) is 0. The zero-order valence-corrected chi connectivity index (χ0v) is 5.03. The maximum atomic E-state index is 0. The second-order valence-corrected chi connectivity index (χ2v) is 0. The van der Waals surface area contributed by atoms with E-state index in [0.29, 0.717) is 0 Å². The molecule has 0 amide bonds. The third-order valence-electron chi connectivity index (χ3n) is 0. The molecule has 0 saturated heterocycles. The largest absolute Gasteiger partial charge is 2.00 e. The van der Waals surface area contributed by atoms with E-state index in [0.717, 1.165) is 0 Å². The molecule has 7 heteroatoms. The second kappa shape index (κ2) is 797. The van der Waals surface area contributed by atoms with Crippen molar-refractivity contribution in [2.24, 2.45) is 0 Å². The zero-order chi connectivity index (χ0) is 0. The Balaban J connectivity index is 0. The molecule has 0 saturated carbocycles. The van der Waals surface area contributed by atoms with Gasteiger partial charge in [-0.15, -0.1) is 0 Å². The molecule has 0 aliphatic rings. The van der Waals surface area contributed by atoms with E-state index in [2.05, 4.69) is 0 Å². The Kier molecular flexibility index (Phi) is 146000. The van der Waals surface area contributed by atoms with Crippen molar-refractivity contribution in [1.29, 1.82) is 0 Å².